The van der Waals surface area contributed by atoms with E-state index in [9.17, 15) is 9.59 Å². The molecule has 2 aromatic rings. The Kier molecular flexibility index (Phi) is 3.67. The van der Waals surface area contributed by atoms with E-state index in [1.54, 1.807) is 7.05 Å². The standard InChI is InChI=1S/C18H18N2O2/c1-11(21)20-17(18(22)19-2)16-14-9-5-3-7-12(14)13-8-4-6-10-15(13)16/h3-10,16-17H,1-2H3,(H,19,22)(H,20,21)/t17-/m0/s1. The third-order valence-electron chi connectivity index (χ3n) is 4.10. The fourth-order valence-corrected chi connectivity index (χ4v) is 3.23. The van der Waals surface area contributed by atoms with Gasteiger partial charge in [0.15, 0.2) is 0 Å². The molecule has 3 rings (SSSR count). The molecule has 0 heterocycles. The summed E-state index contributed by atoms with van der Waals surface area (Å²) in [5.74, 6) is -0.571. The molecule has 0 unspecified atom stereocenters. The summed E-state index contributed by atoms with van der Waals surface area (Å²) in [6.45, 7) is 1.43. The van der Waals surface area contributed by atoms with Crippen LogP contribution in [0.2, 0.25) is 0 Å². The van der Waals surface area contributed by atoms with Crippen molar-refractivity contribution in [1.29, 1.82) is 0 Å². The minimum atomic E-state index is -0.618. The monoisotopic (exact) mass is 294 g/mol. The minimum absolute atomic E-state index is 0.170. The molecule has 0 aromatic heterocycles. The maximum atomic E-state index is 12.3. The van der Waals surface area contributed by atoms with Crippen LogP contribution in [0.15, 0.2) is 48.5 Å². The SMILES string of the molecule is CNC(=O)[C@@H](NC(C)=O)C1c2ccccc2-c2ccccc21. The van der Waals surface area contributed by atoms with Crippen LogP contribution >= 0.6 is 0 Å². The predicted octanol–water partition coefficient (Wildman–Crippen LogP) is 2.05. The number of carbonyl (C=O) groups excluding carboxylic acids is 2. The van der Waals surface area contributed by atoms with Crippen LogP contribution in [0.1, 0.15) is 24.0 Å². The highest BCUT2D eigenvalue weighted by Gasteiger charge is 2.37. The van der Waals surface area contributed by atoms with Crippen molar-refractivity contribution in [3.63, 3.8) is 0 Å². The molecular weight excluding hydrogens is 276 g/mol. The van der Waals surface area contributed by atoms with Gasteiger partial charge in [-0.05, 0) is 22.3 Å². The predicted molar refractivity (Wildman–Crippen MR) is 85.4 cm³/mol. The molecule has 2 aromatic carbocycles. The number of fused-ring (bicyclic) bond motifs is 3. The fraction of sp³-hybridized carbons (Fsp3) is 0.222. The van der Waals surface area contributed by atoms with E-state index in [1.807, 2.05) is 36.4 Å². The summed E-state index contributed by atoms with van der Waals surface area (Å²) in [4.78, 5) is 23.9. The number of amides is 2. The highest BCUT2D eigenvalue weighted by Crippen LogP contribution is 2.46. The van der Waals surface area contributed by atoms with Crippen molar-refractivity contribution in [1.82, 2.24) is 10.6 Å². The summed E-state index contributed by atoms with van der Waals surface area (Å²) >= 11 is 0. The van der Waals surface area contributed by atoms with Gasteiger partial charge in [0, 0.05) is 19.9 Å². The molecule has 2 N–H and O–H groups in total. The Morgan fingerprint density at radius 2 is 1.45 bits per heavy atom. The second kappa shape index (κ2) is 5.64. The van der Waals surface area contributed by atoms with Crippen molar-refractivity contribution in [2.75, 3.05) is 7.05 Å². The molecule has 22 heavy (non-hydrogen) atoms. The molecule has 0 radical (unpaired) electrons. The number of likely N-dealkylation sites (N-methyl/N-ethyl adjacent to an activating group) is 1. The van der Waals surface area contributed by atoms with Crippen LogP contribution in [0, 0.1) is 0 Å². The zero-order valence-corrected chi connectivity index (χ0v) is 12.6. The molecular formula is C18H18N2O2. The van der Waals surface area contributed by atoms with Gasteiger partial charge in [-0.25, -0.2) is 0 Å². The first kappa shape index (κ1) is 14.3. The van der Waals surface area contributed by atoms with Crippen LogP contribution in [0.25, 0.3) is 11.1 Å². The minimum Gasteiger partial charge on any atom is -0.357 e. The summed E-state index contributed by atoms with van der Waals surface area (Å²) in [6.07, 6.45) is 0. The van der Waals surface area contributed by atoms with Crippen LogP contribution in [-0.2, 0) is 9.59 Å². The number of nitrogens with one attached hydrogen (secondary N) is 2. The lowest BCUT2D eigenvalue weighted by Gasteiger charge is -2.24. The van der Waals surface area contributed by atoms with Gasteiger partial charge in [-0.3, -0.25) is 9.59 Å². The van der Waals surface area contributed by atoms with Gasteiger partial charge in [0.05, 0.1) is 0 Å². The maximum Gasteiger partial charge on any atom is 0.243 e. The van der Waals surface area contributed by atoms with Crippen molar-refractivity contribution < 1.29 is 9.59 Å². The lowest BCUT2D eigenvalue weighted by molar-refractivity contribution is -0.128. The molecule has 0 saturated heterocycles. The quantitative estimate of drug-likeness (QED) is 0.910. The molecule has 0 aliphatic heterocycles. The lowest BCUT2D eigenvalue weighted by Crippen LogP contribution is -2.48. The average Bonchev–Trinajstić information content (AvgIpc) is 2.86. The summed E-state index contributed by atoms with van der Waals surface area (Å²) in [6, 6.07) is 15.5. The highest BCUT2D eigenvalue weighted by atomic mass is 16.2. The Labute approximate surface area is 129 Å². The number of rotatable bonds is 3. The summed E-state index contributed by atoms with van der Waals surface area (Å²) in [5.41, 5.74) is 4.40. The zero-order valence-electron chi connectivity index (χ0n) is 12.6. The third kappa shape index (κ3) is 2.26. The first-order valence-corrected chi connectivity index (χ1v) is 7.30. The number of hydrogen-bond donors (Lipinski definition) is 2. The molecule has 112 valence electrons. The Hall–Kier alpha value is -2.62. The Balaban J connectivity index is 2.16. The van der Waals surface area contributed by atoms with Crippen LogP contribution in [-0.4, -0.2) is 24.9 Å². The molecule has 0 bridgehead atoms. The molecule has 1 atom stereocenters. The van der Waals surface area contributed by atoms with Crippen molar-refractivity contribution >= 4 is 11.8 Å². The molecule has 1 aliphatic rings. The van der Waals surface area contributed by atoms with Gasteiger partial charge in [0.25, 0.3) is 0 Å². The third-order valence-corrected chi connectivity index (χ3v) is 4.10. The fourth-order valence-electron chi connectivity index (χ4n) is 3.23. The first-order chi connectivity index (χ1) is 10.6. The van der Waals surface area contributed by atoms with E-state index in [0.29, 0.717) is 0 Å². The van der Waals surface area contributed by atoms with Gasteiger partial charge < -0.3 is 10.6 Å². The molecule has 0 saturated carbocycles. The molecule has 4 heteroatoms. The van der Waals surface area contributed by atoms with Crippen molar-refractivity contribution in [3.05, 3.63) is 59.7 Å². The lowest BCUT2D eigenvalue weighted by atomic mass is 9.88. The highest BCUT2D eigenvalue weighted by molar-refractivity contribution is 5.91. The second-order valence-electron chi connectivity index (χ2n) is 5.44. The Morgan fingerprint density at radius 1 is 0.955 bits per heavy atom. The largest absolute Gasteiger partial charge is 0.357 e. The van der Waals surface area contributed by atoms with Crippen molar-refractivity contribution in [3.8, 4) is 11.1 Å². The summed E-state index contributed by atoms with van der Waals surface area (Å²) < 4.78 is 0. The number of hydrogen-bond acceptors (Lipinski definition) is 2. The van der Waals surface area contributed by atoms with E-state index < -0.39 is 6.04 Å². The summed E-state index contributed by atoms with van der Waals surface area (Å²) in [7, 11) is 1.59. The molecule has 1 aliphatic carbocycles. The van der Waals surface area contributed by atoms with Crippen molar-refractivity contribution in [2.24, 2.45) is 0 Å². The summed E-state index contributed by atoms with van der Waals surface area (Å²) in [5, 5.41) is 5.46. The van der Waals surface area contributed by atoms with Crippen LogP contribution in [0.5, 0.6) is 0 Å². The van der Waals surface area contributed by atoms with Gasteiger partial charge in [0.2, 0.25) is 11.8 Å². The first-order valence-electron chi connectivity index (χ1n) is 7.30. The number of carbonyl (C=O) groups is 2. The topological polar surface area (TPSA) is 58.2 Å². The van der Waals surface area contributed by atoms with E-state index in [0.717, 1.165) is 22.3 Å². The normalized spacial score (nSPS) is 13.9. The van der Waals surface area contributed by atoms with Gasteiger partial charge in [-0.15, -0.1) is 0 Å². The molecule has 4 nitrogen and oxygen atoms in total. The van der Waals surface area contributed by atoms with Crippen LogP contribution in [0.3, 0.4) is 0 Å². The number of benzene rings is 2. The van der Waals surface area contributed by atoms with Gasteiger partial charge in [-0.1, -0.05) is 48.5 Å². The van der Waals surface area contributed by atoms with E-state index in [4.69, 9.17) is 0 Å². The Morgan fingerprint density at radius 3 is 1.91 bits per heavy atom. The van der Waals surface area contributed by atoms with E-state index in [2.05, 4.69) is 22.8 Å². The van der Waals surface area contributed by atoms with Crippen LogP contribution < -0.4 is 10.6 Å². The molecule has 0 spiro atoms. The zero-order chi connectivity index (χ0) is 15.7. The van der Waals surface area contributed by atoms with E-state index >= 15 is 0 Å². The van der Waals surface area contributed by atoms with Crippen LogP contribution in [0.4, 0.5) is 0 Å². The van der Waals surface area contributed by atoms with Gasteiger partial charge >= 0.3 is 0 Å². The molecule has 0 fully saturated rings. The van der Waals surface area contributed by atoms with E-state index in [1.165, 1.54) is 6.92 Å². The Bertz CT molecular complexity index is 694. The second-order valence-corrected chi connectivity index (χ2v) is 5.44. The van der Waals surface area contributed by atoms with Gasteiger partial charge in [-0.2, -0.15) is 0 Å². The maximum absolute atomic E-state index is 12.3. The van der Waals surface area contributed by atoms with Crippen molar-refractivity contribution in [2.45, 2.75) is 18.9 Å². The van der Waals surface area contributed by atoms with Gasteiger partial charge in [0.1, 0.15) is 6.04 Å². The van der Waals surface area contributed by atoms with E-state index in [-0.39, 0.29) is 17.7 Å². The average molecular weight is 294 g/mol. The smallest absolute Gasteiger partial charge is 0.243 e. The molecule has 2 amide bonds.